The number of aliphatic hydroxyl groups excluding tert-OH is 1. The predicted octanol–water partition coefficient (Wildman–Crippen LogP) is 2.87. The summed E-state index contributed by atoms with van der Waals surface area (Å²) in [5.41, 5.74) is 2.06. The Kier molecular flexibility index (Phi) is 4.48. The maximum atomic E-state index is 9.18. The van der Waals surface area contributed by atoms with E-state index in [1.807, 2.05) is 25.2 Å². The minimum atomic E-state index is 0.332. The standard InChI is InChI=1S/C16H22ClN3O/c1-20-15-7-4-12(17)8-14(15)19-16(20)9-18-13-5-2-11(10-21)3-6-13/h4,7-8,11,13,18,21H,2-3,5-6,9-10H2,1H3. The van der Waals surface area contributed by atoms with Gasteiger partial charge in [0.05, 0.1) is 17.6 Å². The number of nitrogens with zero attached hydrogens (tertiary/aromatic N) is 2. The molecule has 4 nitrogen and oxygen atoms in total. The van der Waals surface area contributed by atoms with Crippen molar-refractivity contribution in [1.29, 1.82) is 0 Å². The molecule has 0 saturated heterocycles. The summed E-state index contributed by atoms with van der Waals surface area (Å²) in [6, 6.07) is 6.36. The predicted molar refractivity (Wildman–Crippen MR) is 85.4 cm³/mol. The summed E-state index contributed by atoms with van der Waals surface area (Å²) in [7, 11) is 2.04. The number of benzene rings is 1. The molecule has 1 heterocycles. The molecule has 3 rings (SSSR count). The average molecular weight is 308 g/mol. The van der Waals surface area contributed by atoms with Crippen LogP contribution >= 0.6 is 11.6 Å². The first-order valence-corrected chi connectivity index (χ1v) is 8.00. The molecule has 1 aromatic heterocycles. The molecule has 0 atom stereocenters. The molecule has 5 heteroatoms. The first-order valence-electron chi connectivity index (χ1n) is 7.62. The second kappa shape index (κ2) is 6.34. The number of nitrogens with one attached hydrogen (secondary N) is 1. The van der Waals surface area contributed by atoms with Gasteiger partial charge in [-0.3, -0.25) is 0 Å². The second-order valence-corrected chi connectivity index (χ2v) is 6.44. The van der Waals surface area contributed by atoms with Gasteiger partial charge in [0.25, 0.3) is 0 Å². The summed E-state index contributed by atoms with van der Waals surface area (Å²) in [4.78, 5) is 4.66. The van der Waals surface area contributed by atoms with E-state index in [2.05, 4.69) is 14.9 Å². The highest BCUT2D eigenvalue weighted by molar-refractivity contribution is 6.31. The zero-order valence-electron chi connectivity index (χ0n) is 12.3. The van der Waals surface area contributed by atoms with Crippen LogP contribution in [0.3, 0.4) is 0 Å². The number of halogens is 1. The Bertz CT molecular complexity index is 617. The Hall–Kier alpha value is -1.10. The van der Waals surface area contributed by atoms with Gasteiger partial charge in [0, 0.05) is 24.7 Å². The summed E-state index contributed by atoms with van der Waals surface area (Å²) >= 11 is 6.02. The molecule has 2 aromatic rings. The van der Waals surface area contributed by atoms with Gasteiger partial charge in [-0.2, -0.15) is 0 Å². The van der Waals surface area contributed by atoms with Crippen molar-refractivity contribution in [3.63, 3.8) is 0 Å². The van der Waals surface area contributed by atoms with Gasteiger partial charge in [-0.05, 0) is 49.8 Å². The number of imidazole rings is 1. The van der Waals surface area contributed by atoms with E-state index in [0.29, 0.717) is 18.6 Å². The Morgan fingerprint density at radius 1 is 1.33 bits per heavy atom. The van der Waals surface area contributed by atoms with Crippen LogP contribution in [0, 0.1) is 5.92 Å². The Morgan fingerprint density at radius 2 is 2.10 bits per heavy atom. The molecule has 21 heavy (non-hydrogen) atoms. The van der Waals surface area contributed by atoms with E-state index in [4.69, 9.17) is 11.6 Å². The highest BCUT2D eigenvalue weighted by Gasteiger charge is 2.20. The van der Waals surface area contributed by atoms with E-state index in [1.165, 1.54) is 0 Å². The van der Waals surface area contributed by atoms with E-state index >= 15 is 0 Å². The minimum absolute atomic E-state index is 0.332. The van der Waals surface area contributed by atoms with Crippen molar-refractivity contribution >= 4 is 22.6 Å². The molecule has 2 N–H and O–H groups in total. The van der Waals surface area contributed by atoms with Gasteiger partial charge in [0.2, 0.25) is 0 Å². The van der Waals surface area contributed by atoms with Gasteiger partial charge in [0.15, 0.2) is 0 Å². The van der Waals surface area contributed by atoms with E-state index in [0.717, 1.165) is 54.1 Å². The van der Waals surface area contributed by atoms with Crippen LogP contribution in [-0.2, 0) is 13.6 Å². The Labute approximate surface area is 130 Å². The third-order valence-corrected chi connectivity index (χ3v) is 4.82. The van der Waals surface area contributed by atoms with Crippen LogP contribution in [-0.4, -0.2) is 27.3 Å². The van der Waals surface area contributed by atoms with Crippen molar-refractivity contribution in [1.82, 2.24) is 14.9 Å². The quantitative estimate of drug-likeness (QED) is 0.913. The van der Waals surface area contributed by atoms with Crippen molar-refractivity contribution in [3.05, 3.63) is 29.0 Å². The average Bonchev–Trinajstić information content (AvgIpc) is 2.81. The van der Waals surface area contributed by atoms with Gasteiger partial charge < -0.3 is 15.0 Å². The van der Waals surface area contributed by atoms with E-state index in [1.54, 1.807) is 0 Å². The van der Waals surface area contributed by atoms with Gasteiger partial charge in [-0.1, -0.05) is 11.6 Å². The molecule has 0 unspecified atom stereocenters. The zero-order chi connectivity index (χ0) is 14.8. The van der Waals surface area contributed by atoms with Gasteiger partial charge in [-0.25, -0.2) is 4.98 Å². The van der Waals surface area contributed by atoms with Crippen LogP contribution in [0.5, 0.6) is 0 Å². The Balaban J connectivity index is 1.64. The lowest BCUT2D eigenvalue weighted by Gasteiger charge is -2.27. The van der Waals surface area contributed by atoms with Crippen LogP contribution in [0.2, 0.25) is 5.02 Å². The van der Waals surface area contributed by atoms with E-state index in [9.17, 15) is 5.11 Å². The third kappa shape index (κ3) is 3.23. The fraction of sp³-hybridized carbons (Fsp3) is 0.562. The lowest BCUT2D eigenvalue weighted by Crippen LogP contribution is -2.34. The number of rotatable bonds is 4. The molecule has 1 aliphatic rings. The van der Waals surface area contributed by atoms with Crippen molar-refractivity contribution in [3.8, 4) is 0 Å². The molecule has 0 aliphatic heterocycles. The molecule has 0 radical (unpaired) electrons. The van der Waals surface area contributed by atoms with Crippen molar-refractivity contribution in [2.45, 2.75) is 38.3 Å². The maximum Gasteiger partial charge on any atom is 0.123 e. The molecule has 0 bridgehead atoms. The summed E-state index contributed by atoms with van der Waals surface area (Å²) < 4.78 is 2.12. The smallest absolute Gasteiger partial charge is 0.123 e. The largest absolute Gasteiger partial charge is 0.396 e. The summed E-state index contributed by atoms with van der Waals surface area (Å²) in [5.74, 6) is 1.54. The van der Waals surface area contributed by atoms with E-state index < -0.39 is 0 Å². The second-order valence-electron chi connectivity index (χ2n) is 6.00. The molecular formula is C16H22ClN3O. The van der Waals surface area contributed by atoms with Gasteiger partial charge in [0.1, 0.15) is 5.82 Å². The van der Waals surface area contributed by atoms with Crippen LogP contribution in [0.4, 0.5) is 0 Å². The number of aryl methyl sites for hydroxylation is 1. The molecule has 0 amide bonds. The van der Waals surface area contributed by atoms with Crippen molar-refractivity contribution < 1.29 is 5.11 Å². The third-order valence-electron chi connectivity index (χ3n) is 4.59. The molecule has 1 aliphatic carbocycles. The number of aliphatic hydroxyl groups is 1. The highest BCUT2D eigenvalue weighted by atomic mass is 35.5. The SMILES string of the molecule is Cn1c(CNC2CCC(CO)CC2)nc2cc(Cl)ccc21. The highest BCUT2D eigenvalue weighted by Crippen LogP contribution is 2.24. The first kappa shape index (κ1) is 14.8. The summed E-state index contributed by atoms with van der Waals surface area (Å²) in [6.45, 7) is 1.11. The number of fused-ring (bicyclic) bond motifs is 1. The Morgan fingerprint density at radius 3 is 2.81 bits per heavy atom. The normalized spacial score (nSPS) is 22.8. The van der Waals surface area contributed by atoms with Crippen LogP contribution < -0.4 is 5.32 Å². The maximum absolute atomic E-state index is 9.18. The first-order chi connectivity index (χ1) is 10.2. The molecule has 114 valence electrons. The fourth-order valence-corrected chi connectivity index (χ4v) is 3.33. The number of hydrogen-bond donors (Lipinski definition) is 2. The van der Waals surface area contributed by atoms with E-state index in [-0.39, 0.29) is 0 Å². The molecule has 1 fully saturated rings. The lowest BCUT2D eigenvalue weighted by atomic mass is 9.86. The summed E-state index contributed by atoms with van der Waals surface area (Å²) in [5, 5.41) is 13.5. The van der Waals surface area contributed by atoms with Crippen molar-refractivity contribution in [2.24, 2.45) is 13.0 Å². The molecule has 1 aromatic carbocycles. The monoisotopic (exact) mass is 307 g/mol. The summed E-state index contributed by atoms with van der Waals surface area (Å²) in [6.07, 6.45) is 4.51. The van der Waals surface area contributed by atoms with Gasteiger partial charge in [-0.15, -0.1) is 0 Å². The number of aromatic nitrogens is 2. The van der Waals surface area contributed by atoms with Crippen LogP contribution in [0.1, 0.15) is 31.5 Å². The topological polar surface area (TPSA) is 50.1 Å². The van der Waals surface area contributed by atoms with Crippen LogP contribution in [0.25, 0.3) is 11.0 Å². The van der Waals surface area contributed by atoms with Gasteiger partial charge >= 0.3 is 0 Å². The minimum Gasteiger partial charge on any atom is -0.396 e. The van der Waals surface area contributed by atoms with Crippen molar-refractivity contribution in [2.75, 3.05) is 6.61 Å². The zero-order valence-corrected chi connectivity index (χ0v) is 13.1. The van der Waals surface area contributed by atoms with Crippen LogP contribution in [0.15, 0.2) is 18.2 Å². The molecule has 0 spiro atoms. The molecular weight excluding hydrogens is 286 g/mol. The fourth-order valence-electron chi connectivity index (χ4n) is 3.17. The lowest BCUT2D eigenvalue weighted by molar-refractivity contribution is 0.174. The number of hydrogen-bond acceptors (Lipinski definition) is 3. The molecule has 1 saturated carbocycles.